The van der Waals surface area contributed by atoms with E-state index in [1.54, 1.807) is 24.3 Å². The lowest BCUT2D eigenvalue weighted by atomic mass is 10.3. The first kappa shape index (κ1) is 15.5. The fourth-order valence-corrected chi connectivity index (χ4v) is 1.70. The minimum absolute atomic E-state index is 0.196. The van der Waals surface area contributed by atoms with E-state index in [2.05, 4.69) is 10.3 Å². The number of para-hydroxylation sites is 1. The van der Waals surface area contributed by atoms with E-state index in [0.29, 0.717) is 10.8 Å². The summed E-state index contributed by atoms with van der Waals surface area (Å²) in [6.45, 7) is -0.359. The van der Waals surface area contributed by atoms with E-state index in [9.17, 15) is 20.0 Å². The van der Waals surface area contributed by atoms with Crippen molar-refractivity contribution in [1.29, 1.82) is 0 Å². The van der Waals surface area contributed by atoms with Gasteiger partial charge in [0.15, 0.2) is 18.2 Å². The molecule has 0 saturated carbocycles. The third-order valence-electron chi connectivity index (χ3n) is 2.52. The van der Waals surface area contributed by atoms with Gasteiger partial charge >= 0.3 is 0 Å². The van der Waals surface area contributed by atoms with E-state index in [1.165, 1.54) is 0 Å². The van der Waals surface area contributed by atoms with Crippen molar-refractivity contribution in [3.05, 3.63) is 51.7 Å². The van der Waals surface area contributed by atoms with Crippen LogP contribution in [0.4, 0.5) is 11.5 Å². The molecule has 114 valence electrons. The third-order valence-corrected chi connectivity index (χ3v) is 2.83. The zero-order valence-electron chi connectivity index (χ0n) is 11.0. The summed E-state index contributed by atoms with van der Waals surface area (Å²) in [6.07, 6.45) is 0.921. The maximum atomic E-state index is 11.7. The zero-order valence-corrected chi connectivity index (χ0v) is 11.8. The third kappa shape index (κ3) is 3.83. The topological polar surface area (TPSA) is 115 Å². The summed E-state index contributed by atoms with van der Waals surface area (Å²) in [7, 11) is 0. The van der Waals surface area contributed by atoms with Crippen molar-refractivity contribution >= 4 is 29.0 Å². The molecular weight excluding hydrogens is 314 g/mol. The molecule has 0 aliphatic carbocycles. The highest BCUT2D eigenvalue weighted by atomic mass is 35.5. The van der Waals surface area contributed by atoms with Crippen LogP contribution in [0, 0.1) is 10.1 Å². The number of halogens is 1. The molecule has 0 spiro atoms. The second-order valence-corrected chi connectivity index (χ2v) is 4.49. The molecule has 0 bridgehead atoms. The number of carbonyl (C=O) groups excluding carboxylic acids is 1. The van der Waals surface area contributed by atoms with Crippen molar-refractivity contribution in [1.82, 2.24) is 4.98 Å². The van der Waals surface area contributed by atoms with E-state index in [-0.39, 0.29) is 18.1 Å². The number of pyridine rings is 1. The minimum atomic E-state index is -0.709. The molecule has 9 heteroatoms. The number of ether oxygens (including phenoxy) is 1. The summed E-state index contributed by atoms with van der Waals surface area (Å²) in [4.78, 5) is 25.1. The van der Waals surface area contributed by atoms with Gasteiger partial charge < -0.3 is 15.2 Å². The van der Waals surface area contributed by atoms with Gasteiger partial charge in [-0.1, -0.05) is 23.7 Å². The van der Waals surface area contributed by atoms with Crippen LogP contribution in [-0.4, -0.2) is 27.5 Å². The minimum Gasteiger partial charge on any atom is -0.504 e. The molecule has 0 atom stereocenters. The lowest BCUT2D eigenvalue weighted by Crippen LogP contribution is -2.21. The Kier molecular flexibility index (Phi) is 4.74. The molecule has 1 aromatic carbocycles. The largest absolute Gasteiger partial charge is 0.504 e. The molecule has 0 aliphatic rings. The molecule has 2 N–H and O–H groups in total. The summed E-state index contributed by atoms with van der Waals surface area (Å²) in [5.74, 6) is -0.976. The number of aromatic hydroxyl groups is 1. The molecule has 0 fully saturated rings. The maximum absolute atomic E-state index is 11.7. The van der Waals surface area contributed by atoms with Crippen LogP contribution in [0.2, 0.25) is 5.02 Å². The molecule has 0 unspecified atom stereocenters. The van der Waals surface area contributed by atoms with Gasteiger partial charge in [0.05, 0.1) is 16.0 Å². The van der Waals surface area contributed by atoms with Crippen LogP contribution in [0.25, 0.3) is 0 Å². The van der Waals surface area contributed by atoms with Crippen molar-refractivity contribution in [2.45, 2.75) is 0 Å². The number of nitro groups is 1. The second-order valence-electron chi connectivity index (χ2n) is 4.09. The van der Waals surface area contributed by atoms with Gasteiger partial charge in [-0.05, 0) is 12.1 Å². The molecule has 8 nitrogen and oxygen atoms in total. The highest BCUT2D eigenvalue weighted by Crippen LogP contribution is 2.25. The smallest absolute Gasteiger partial charge is 0.291 e. The lowest BCUT2D eigenvalue weighted by molar-refractivity contribution is -0.385. The first-order valence-electron chi connectivity index (χ1n) is 5.98. The molecule has 0 saturated heterocycles. The van der Waals surface area contributed by atoms with Crippen LogP contribution < -0.4 is 10.1 Å². The molecule has 1 heterocycles. The summed E-state index contributed by atoms with van der Waals surface area (Å²) in [5, 5.41) is 22.7. The van der Waals surface area contributed by atoms with Gasteiger partial charge in [0.2, 0.25) is 0 Å². The lowest BCUT2D eigenvalue weighted by Gasteiger charge is -2.08. The van der Waals surface area contributed by atoms with Crippen LogP contribution in [0.5, 0.6) is 11.5 Å². The molecule has 22 heavy (non-hydrogen) atoms. The molecule has 1 aromatic heterocycles. The van der Waals surface area contributed by atoms with Crippen molar-refractivity contribution in [2.75, 3.05) is 11.9 Å². The normalized spacial score (nSPS) is 10.0. The quantitative estimate of drug-likeness (QED) is 0.644. The van der Waals surface area contributed by atoms with Crippen molar-refractivity contribution in [2.24, 2.45) is 0 Å². The van der Waals surface area contributed by atoms with Gasteiger partial charge in [-0.25, -0.2) is 4.98 Å². The Labute approximate surface area is 129 Å². The maximum Gasteiger partial charge on any atom is 0.291 e. The number of amides is 1. The number of hydrogen-bond donors (Lipinski definition) is 2. The van der Waals surface area contributed by atoms with Gasteiger partial charge in [-0.15, -0.1) is 0 Å². The number of carbonyl (C=O) groups is 1. The number of benzene rings is 1. The summed E-state index contributed by atoms with van der Waals surface area (Å²) < 4.78 is 5.21. The number of rotatable bonds is 5. The Balaban J connectivity index is 1.98. The Bertz CT molecular complexity index is 723. The van der Waals surface area contributed by atoms with Gasteiger partial charge in [0.1, 0.15) is 11.9 Å². The Morgan fingerprint density at radius 1 is 1.45 bits per heavy atom. The predicted octanol–water partition coefficient (Wildman–Crippen LogP) is 2.37. The fraction of sp³-hybridized carbons (Fsp3) is 0.0769. The number of hydrogen-bond acceptors (Lipinski definition) is 6. The number of anilines is 1. The number of nitrogens with one attached hydrogen (secondary N) is 1. The molecule has 0 radical (unpaired) electrons. The van der Waals surface area contributed by atoms with Gasteiger partial charge in [-0.3, -0.25) is 14.9 Å². The van der Waals surface area contributed by atoms with Crippen molar-refractivity contribution in [3.8, 4) is 11.5 Å². The van der Waals surface area contributed by atoms with Gasteiger partial charge in [0, 0.05) is 0 Å². The van der Waals surface area contributed by atoms with Crippen LogP contribution >= 0.6 is 11.6 Å². The van der Waals surface area contributed by atoms with E-state index >= 15 is 0 Å². The summed E-state index contributed by atoms with van der Waals surface area (Å²) >= 11 is 5.87. The van der Waals surface area contributed by atoms with Gasteiger partial charge in [-0.2, -0.15) is 0 Å². The van der Waals surface area contributed by atoms with Gasteiger partial charge in [0.25, 0.3) is 11.6 Å². The van der Waals surface area contributed by atoms with E-state index in [4.69, 9.17) is 16.3 Å². The summed E-state index contributed by atoms with van der Waals surface area (Å²) in [6, 6.07) is 7.50. The Hall–Kier alpha value is -2.87. The average molecular weight is 324 g/mol. The first-order valence-corrected chi connectivity index (χ1v) is 6.35. The van der Waals surface area contributed by atoms with E-state index in [1.807, 2.05) is 0 Å². The molecular formula is C13H10ClN3O5. The van der Waals surface area contributed by atoms with Crippen LogP contribution in [0.15, 0.2) is 36.5 Å². The van der Waals surface area contributed by atoms with Crippen LogP contribution in [0.1, 0.15) is 0 Å². The molecule has 2 aromatic rings. The van der Waals surface area contributed by atoms with Crippen molar-refractivity contribution < 1.29 is 19.6 Å². The fourth-order valence-electron chi connectivity index (χ4n) is 1.51. The molecule has 1 amide bonds. The average Bonchev–Trinajstić information content (AvgIpc) is 2.48. The van der Waals surface area contributed by atoms with Crippen LogP contribution in [0.3, 0.4) is 0 Å². The highest BCUT2D eigenvalue weighted by Gasteiger charge is 2.14. The molecule has 0 aliphatic heterocycles. The SMILES string of the molecule is O=C(COc1ccccc1Cl)Nc1ncc([N+](=O)[O-])cc1O. The predicted molar refractivity (Wildman–Crippen MR) is 78.1 cm³/mol. The Morgan fingerprint density at radius 3 is 2.82 bits per heavy atom. The van der Waals surface area contributed by atoms with Crippen LogP contribution in [-0.2, 0) is 4.79 Å². The highest BCUT2D eigenvalue weighted by molar-refractivity contribution is 6.32. The molecule has 2 rings (SSSR count). The van der Waals surface area contributed by atoms with E-state index < -0.39 is 16.6 Å². The van der Waals surface area contributed by atoms with Crippen molar-refractivity contribution in [3.63, 3.8) is 0 Å². The second kappa shape index (κ2) is 6.72. The number of aromatic nitrogens is 1. The zero-order chi connectivity index (χ0) is 16.1. The monoisotopic (exact) mass is 323 g/mol. The Morgan fingerprint density at radius 2 is 2.18 bits per heavy atom. The number of nitrogens with zero attached hydrogens (tertiary/aromatic N) is 2. The standard InChI is InChI=1S/C13H10ClN3O5/c14-9-3-1-2-4-11(9)22-7-12(19)16-13-10(18)5-8(6-15-13)17(20)21/h1-6,18H,7H2,(H,15,16,19). The van der Waals surface area contributed by atoms with E-state index in [0.717, 1.165) is 12.3 Å². The summed E-state index contributed by atoms with van der Waals surface area (Å²) in [5.41, 5.74) is -0.386. The first-order chi connectivity index (χ1) is 10.5.